The van der Waals surface area contributed by atoms with E-state index in [-0.39, 0.29) is 18.1 Å². The zero-order valence-electron chi connectivity index (χ0n) is 10.8. The van der Waals surface area contributed by atoms with E-state index in [4.69, 9.17) is 10.00 Å². The Labute approximate surface area is 116 Å². The third kappa shape index (κ3) is 2.65. The predicted molar refractivity (Wildman–Crippen MR) is 72.0 cm³/mol. The van der Waals surface area contributed by atoms with Crippen LogP contribution in [-0.4, -0.2) is 36.1 Å². The van der Waals surface area contributed by atoms with Crippen molar-refractivity contribution < 1.29 is 9.53 Å². The molecule has 2 unspecified atom stereocenters. The number of amides is 1. The minimum absolute atomic E-state index is 0.0345. The summed E-state index contributed by atoms with van der Waals surface area (Å²) in [5.74, 6) is 0.670. The zero-order valence-corrected chi connectivity index (χ0v) is 11.7. The van der Waals surface area contributed by atoms with Gasteiger partial charge in [-0.2, -0.15) is 5.26 Å². The quantitative estimate of drug-likeness (QED) is 0.832. The number of rotatable bonds is 2. The lowest BCUT2D eigenvalue weighted by atomic mass is 10.1. The lowest BCUT2D eigenvalue weighted by molar-refractivity contribution is -0.0760. The third-order valence-electron chi connectivity index (χ3n) is 3.65. The van der Waals surface area contributed by atoms with E-state index in [0.29, 0.717) is 28.8 Å². The molecule has 0 aromatic carbocycles. The van der Waals surface area contributed by atoms with Crippen LogP contribution in [0.4, 0.5) is 0 Å². The molecule has 5 heteroatoms. The highest BCUT2D eigenvalue weighted by Crippen LogP contribution is 2.37. The smallest absolute Gasteiger partial charge is 0.264 e. The lowest BCUT2D eigenvalue weighted by Gasteiger charge is -2.36. The Balaban J connectivity index is 1.73. The first-order valence-electron chi connectivity index (χ1n) is 6.62. The number of ether oxygens (including phenoxy) is 1. The average Bonchev–Trinajstić information content (AvgIpc) is 3.15. The molecular formula is C14H16N2O2S. The number of thiophene rings is 1. The van der Waals surface area contributed by atoms with Crippen LogP contribution in [0.15, 0.2) is 12.1 Å². The molecule has 2 atom stereocenters. The molecule has 3 rings (SSSR count). The maximum absolute atomic E-state index is 12.4. The van der Waals surface area contributed by atoms with Crippen molar-refractivity contribution >= 4 is 17.2 Å². The van der Waals surface area contributed by atoms with Gasteiger partial charge >= 0.3 is 0 Å². The van der Waals surface area contributed by atoms with Gasteiger partial charge in [0.15, 0.2) is 0 Å². The first kappa shape index (κ1) is 12.6. The number of carbonyl (C=O) groups excluding carboxylic acids is 1. The van der Waals surface area contributed by atoms with E-state index in [9.17, 15) is 4.79 Å². The van der Waals surface area contributed by atoms with Crippen LogP contribution in [0.5, 0.6) is 0 Å². The standard InChI is InChI=1S/C14H16N2O2S/c1-9-7-16(8-12(18-9)10-2-3-10)14(17)13-5-4-11(6-15)19-13/h4-5,9-10,12H,2-3,7-8H2,1H3. The normalized spacial score (nSPS) is 27.1. The van der Waals surface area contributed by atoms with Gasteiger partial charge in [-0.05, 0) is 37.8 Å². The molecule has 1 aromatic heterocycles. The molecule has 0 bridgehead atoms. The highest BCUT2D eigenvalue weighted by molar-refractivity contribution is 7.14. The molecule has 1 aliphatic heterocycles. The van der Waals surface area contributed by atoms with Crippen molar-refractivity contribution in [3.05, 3.63) is 21.9 Å². The second-order valence-electron chi connectivity index (χ2n) is 5.31. The Kier molecular flexibility index (Phi) is 3.29. The van der Waals surface area contributed by atoms with Crippen LogP contribution in [0.1, 0.15) is 34.3 Å². The minimum Gasteiger partial charge on any atom is -0.371 e. The number of nitrogens with zero attached hydrogens (tertiary/aromatic N) is 2. The van der Waals surface area contributed by atoms with Crippen molar-refractivity contribution in [2.45, 2.75) is 32.0 Å². The minimum atomic E-state index is 0.0345. The van der Waals surface area contributed by atoms with E-state index < -0.39 is 0 Å². The van der Waals surface area contributed by atoms with Gasteiger partial charge in [-0.15, -0.1) is 11.3 Å². The van der Waals surface area contributed by atoms with Crippen molar-refractivity contribution in [3.63, 3.8) is 0 Å². The molecule has 100 valence electrons. The fourth-order valence-electron chi connectivity index (χ4n) is 2.55. The fourth-order valence-corrected chi connectivity index (χ4v) is 3.32. The fraction of sp³-hybridized carbons (Fsp3) is 0.571. The first-order valence-corrected chi connectivity index (χ1v) is 7.43. The Morgan fingerprint density at radius 1 is 1.47 bits per heavy atom. The second-order valence-corrected chi connectivity index (χ2v) is 6.39. The molecule has 1 aromatic rings. The summed E-state index contributed by atoms with van der Waals surface area (Å²) in [6.07, 6.45) is 2.73. The maximum atomic E-state index is 12.4. The highest BCUT2D eigenvalue weighted by Gasteiger charge is 2.38. The lowest BCUT2D eigenvalue weighted by Crippen LogP contribution is -2.49. The van der Waals surface area contributed by atoms with Gasteiger partial charge in [0, 0.05) is 13.1 Å². The number of carbonyl (C=O) groups is 1. The Morgan fingerprint density at radius 3 is 2.89 bits per heavy atom. The van der Waals surface area contributed by atoms with Crippen LogP contribution in [0.3, 0.4) is 0 Å². The summed E-state index contributed by atoms with van der Waals surface area (Å²) in [5.41, 5.74) is 0. The van der Waals surface area contributed by atoms with E-state index >= 15 is 0 Å². The van der Waals surface area contributed by atoms with E-state index in [2.05, 4.69) is 6.07 Å². The van der Waals surface area contributed by atoms with Gasteiger partial charge < -0.3 is 9.64 Å². The third-order valence-corrected chi connectivity index (χ3v) is 4.62. The molecule has 1 saturated carbocycles. The van der Waals surface area contributed by atoms with Crippen molar-refractivity contribution in [1.29, 1.82) is 5.26 Å². The molecule has 0 radical (unpaired) electrons. The average molecular weight is 276 g/mol. The van der Waals surface area contributed by atoms with Crippen LogP contribution < -0.4 is 0 Å². The van der Waals surface area contributed by atoms with Crippen molar-refractivity contribution in [2.24, 2.45) is 5.92 Å². The largest absolute Gasteiger partial charge is 0.371 e. The van der Waals surface area contributed by atoms with Gasteiger partial charge in [0.25, 0.3) is 5.91 Å². The highest BCUT2D eigenvalue weighted by atomic mass is 32.1. The second kappa shape index (κ2) is 4.95. The molecule has 19 heavy (non-hydrogen) atoms. The Bertz CT molecular complexity index is 530. The number of morpholine rings is 1. The van der Waals surface area contributed by atoms with Crippen molar-refractivity contribution in [2.75, 3.05) is 13.1 Å². The van der Waals surface area contributed by atoms with Crippen LogP contribution in [0.25, 0.3) is 0 Å². The van der Waals surface area contributed by atoms with E-state index in [1.54, 1.807) is 12.1 Å². The summed E-state index contributed by atoms with van der Waals surface area (Å²) in [6.45, 7) is 3.35. The van der Waals surface area contributed by atoms with Crippen molar-refractivity contribution in [3.8, 4) is 6.07 Å². The van der Waals surface area contributed by atoms with Crippen LogP contribution in [0, 0.1) is 17.2 Å². The molecule has 2 aliphatic rings. The summed E-state index contributed by atoms with van der Waals surface area (Å²) in [7, 11) is 0. The summed E-state index contributed by atoms with van der Waals surface area (Å²) in [5, 5.41) is 8.82. The van der Waals surface area contributed by atoms with E-state index in [1.807, 2.05) is 11.8 Å². The van der Waals surface area contributed by atoms with Crippen molar-refractivity contribution in [1.82, 2.24) is 4.90 Å². The molecular weight excluding hydrogens is 260 g/mol. The molecule has 1 amide bonds. The molecule has 0 N–H and O–H groups in total. The van der Waals surface area contributed by atoms with Gasteiger partial charge in [0.2, 0.25) is 0 Å². The van der Waals surface area contributed by atoms with Crippen LogP contribution in [-0.2, 0) is 4.74 Å². The maximum Gasteiger partial charge on any atom is 0.264 e. The number of hydrogen-bond donors (Lipinski definition) is 0. The van der Waals surface area contributed by atoms with Crippen LogP contribution >= 0.6 is 11.3 Å². The summed E-state index contributed by atoms with van der Waals surface area (Å²) < 4.78 is 5.91. The van der Waals surface area contributed by atoms with Gasteiger partial charge in [0.1, 0.15) is 10.9 Å². The predicted octanol–water partition coefficient (Wildman–Crippen LogP) is 2.26. The molecule has 2 fully saturated rings. The first-order chi connectivity index (χ1) is 9.17. The molecule has 0 spiro atoms. The SMILES string of the molecule is CC1CN(C(=O)c2ccc(C#N)s2)CC(C2CC2)O1. The zero-order chi connectivity index (χ0) is 13.4. The van der Waals surface area contributed by atoms with Gasteiger partial charge in [-0.25, -0.2) is 0 Å². The monoisotopic (exact) mass is 276 g/mol. The van der Waals surface area contributed by atoms with E-state index in [1.165, 1.54) is 24.2 Å². The van der Waals surface area contributed by atoms with Crippen LogP contribution in [0.2, 0.25) is 0 Å². The molecule has 1 saturated heterocycles. The van der Waals surface area contributed by atoms with E-state index in [0.717, 1.165) is 0 Å². The van der Waals surface area contributed by atoms with Gasteiger partial charge in [-0.3, -0.25) is 4.79 Å². The number of hydrogen-bond acceptors (Lipinski definition) is 4. The van der Waals surface area contributed by atoms with Gasteiger partial charge in [0.05, 0.1) is 17.1 Å². The Hall–Kier alpha value is -1.38. The summed E-state index contributed by atoms with van der Waals surface area (Å²) in [4.78, 5) is 15.6. The topological polar surface area (TPSA) is 53.3 Å². The molecule has 1 aliphatic carbocycles. The molecule has 4 nitrogen and oxygen atoms in total. The summed E-state index contributed by atoms with van der Waals surface area (Å²) in [6, 6.07) is 5.53. The Morgan fingerprint density at radius 2 is 2.26 bits per heavy atom. The molecule has 2 heterocycles. The number of nitriles is 1. The van der Waals surface area contributed by atoms with Gasteiger partial charge in [-0.1, -0.05) is 0 Å². The summed E-state index contributed by atoms with van der Waals surface area (Å²) >= 11 is 1.27.